The first-order chi connectivity index (χ1) is 11.2. The second kappa shape index (κ2) is 8.80. The molecule has 0 radical (unpaired) electrons. The average Bonchev–Trinajstić information content (AvgIpc) is 2.58. The van der Waals surface area contributed by atoms with Gasteiger partial charge in [0.15, 0.2) is 11.5 Å². The van der Waals surface area contributed by atoms with Gasteiger partial charge in [-0.3, -0.25) is 4.79 Å². The Balaban J connectivity index is 1.99. The molecular formula is C18H22N2O3. The van der Waals surface area contributed by atoms with Gasteiger partial charge in [0, 0.05) is 18.7 Å². The van der Waals surface area contributed by atoms with Crippen molar-refractivity contribution in [3.8, 4) is 11.5 Å². The molecule has 0 unspecified atom stereocenters. The highest BCUT2D eigenvalue weighted by molar-refractivity contribution is 5.72. The third kappa shape index (κ3) is 5.30. The van der Waals surface area contributed by atoms with Gasteiger partial charge in [-0.1, -0.05) is 31.2 Å². The lowest BCUT2D eigenvalue weighted by Crippen LogP contribution is -2.20. The van der Waals surface area contributed by atoms with Crippen LogP contribution in [0.3, 0.4) is 0 Å². The molecule has 2 rings (SSSR count). The number of carbonyl (C=O) groups excluding carboxylic acids is 1. The molecule has 2 aromatic carbocycles. The van der Waals surface area contributed by atoms with Gasteiger partial charge in [-0.25, -0.2) is 5.43 Å². The molecule has 2 N–H and O–H groups in total. The van der Waals surface area contributed by atoms with Crippen molar-refractivity contribution >= 4 is 11.7 Å². The molecule has 0 fully saturated rings. The van der Waals surface area contributed by atoms with Gasteiger partial charge in [0.2, 0.25) is 0 Å². The number of anilines is 1. The maximum absolute atomic E-state index is 11.5. The lowest BCUT2D eigenvalue weighted by Gasteiger charge is -2.13. The monoisotopic (exact) mass is 314 g/mol. The van der Waals surface area contributed by atoms with Crippen LogP contribution in [-0.4, -0.2) is 12.6 Å². The minimum atomic E-state index is -0.275. The molecule has 0 amide bonds. The average molecular weight is 314 g/mol. The van der Waals surface area contributed by atoms with Crippen molar-refractivity contribution in [1.29, 1.82) is 0 Å². The summed E-state index contributed by atoms with van der Waals surface area (Å²) < 4.78 is 10.8. The Kier molecular flexibility index (Phi) is 6.44. The third-order valence-corrected chi connectivity index (χ3v) is 3.12. The van der Waals surface area contributed by atoms with Crippen molar-refractivity contribution < 1.29 is 14.3 Å². The van der Waals surface area contributed by atoms with Crippen molar-refractivity contribution in [1.82, 2.24) is 5.43 Å². The van der Waals surface area contributed by atoms with E-state index in [1.165, 1.54) is 0 Å². The SMILES string of the molecule is CCOc1cc(CNNc2ccccc2)ccc1OC(=O)CC. The molecular weight excluding hydrogens is 292 g/mol. The fraction of sp³-hybridized carbons (Fsp3) is 0.278. The molecule has 0 spiro atoms. The second-order valence-corrected chi connectivity index (χ2v) is 4.89. The van der Waals surface area contributed by atoms with Crippen LogP contribution in [0.5, 0.6) is 11.5 Å². The summed E-state index contributed by atoms with van der Waals surface area (Å²) in [6.45, 7) is 4.77. The first-order valence-electron chi connectivity index (χ1n) is 7.73. The number of ether oxygens (including phenoxy) is 2. The second-order valence-electron chi connectivity index (χ2n) is 4.89. The highest BCUT2D eigenvalue weighted by Gasteiger charge is 2.10. The molecule has 0 aromatic heterocycles. The maximum Gasteiger partial charge on any atom is 0.311 e. The minimum Gasteiger partial charge on any atom is -0.490 e. The number of nitrogens with one attached hydrogen (secondary N) is 2. The van der Waals surface area contributed by atoms with Gasteiger partial charge >= 0.3 is 5.97 Å². The lowest BCUT2D eigenvalue weighted by atomic mass is 10.2. The summed E-state index contributed by atoms with van der Waals surface area (Å²) in [6, 6.07) is 15.4. The van der Waals surface area contributed by atoms with Crippen LogP contribution in [0.2, 0.25) is 0 Å². The Morgan fingerprint density at radius 3 is 2.52 bits per heavy atom. The highest BCUT2D eigenvalue weighted by Crippen LogP contribution is 2.28. The Morgan fingerprint density at radius 1 is 1.04 bits per heavy atom. The maximum atomic E-state index is 11.5. The minimum absolute atomic E-state index is 0.275. The molecule has 0 heterocycles. The van der Waals surface area contributed by atoms with E-state index >= 15 is 0 Å². The molecule has 0 aliphatic carbocycles. The van der Waals surface area contributed by atoms with Crippen LogP contribution in [-0.2, 0) is 11.3 Å². The van der Waals surface area contributed by atoms with E-state index in [2.05, 4.69) is 10.9 Å². The molecule has 122 valence electrons. The van der Waals surface area contributed by atoms with Gasteiger partial charge in [-0.2, -0.15) is 0 Å². The number of hydrazine groups is 1. The van der Waals surface area contributed by atoms with Crippen molar-refractivity contribution in [3.63, 3.8) is 0 Å². The predicted octanol–water partition coefficient (Wildman–Crippen LogP) is 3.52. The van der Waals surface area contributed by atoms with E-state index in [1.807, 2.05) is 49.4 Å². The lowest BCUT2D eigenvalue weighted by molar-refractivity contribution is -0.134. The summed E-state index contributed by atoms with van der Waals surface area (Å²) in [5.74, 6) is 0.759. The van der Waals surface area contributed by atoms with Crippen LogP contribution in [0.1, 0.15) is 25.8 Å². The fourth-order valence-electron chi connectivity index (χ4n) is 1.98. The summed E-state index contributed by atoms with van der Waals surface area (Å²) >= 11 is 0. The van der Waals surface area contributed by atoms with Crippen molar-refractivity contribution in [2.24, 2.45) is 0 Å². The van der Waals surface area contributed by atoms with Crippen LogP contribution in [0, 0.1) is 0 Å². The Hall–Kier alpha value is -2.53. The molecule has 0 saturated heterocycles. The number of rotatable bonds is 8. The summed E-state index contributed by atoms with van der Waals surface area (Å²) in [5.41, 5.74) is 8.28. The summed E-state index contributed by atoms with van der Waals surface area (Å²) in [7, 11) is 0. The molecule has 23 heavy (non-hydrogen) atoms. The first-order valence-corrected chi connectivity index (χ1v) is 7.73. The van der Waals surface area contributed by atoms with Crippen molar-refractivity contribution in [3.05, 3.63) is 54.1 Å². The summed E-state index contributed by atoms with van der Waals surface area (Å²) in [4.78, 5) is 11.5. The van der Waals surface area contributed by atoms with E-state index < -0.39 is 0 Å². The fourth-order valence-corrected chi connectivity index (χ4v) is 1.98. The zero-order valence-corrected chi connectivity index (χ0v) is 13.5. The summed E-state index contributed by atoms with van der Waals surface area (Å²) in [6.07, 6.45) is 0.329. The highest BCUT2D eigenvalue weighted by atomic mass is 16.6. The topological polar surface area (TPSA) is 59.6 Å². The van der Waals surface area contributed by atoms with Crippen molar-refractivity contribution in [2.75, 3.05) is 12.0 Å². The zero-order chi connectivity index (χ0) is 16.5. The van der Waals surface area contributed by atoms with E-state index in [0.717, 1.165) is 11.3 Å². The quantitative estimate of drug-likeness (QED) is 0.443. The van der Waals surface area contributed by atoms with Crippen LogP contribution < -0.4 is 20.3 Å². The third-order valence-electron chi connectivity index (χ3n) is 3.12. The molecule has 5 nitrogen and oxygen atoms in total. The van der Waals surface area contributed by atoms with Gasteiger partial charge in [0.25, 0.3) is 0 Å². The summed E-state index contributed by atoms with van der Waals surface area (Å²) in [5, 5.41) is 0. The van der Waals surface area contributed by atoms with Gasteiger partial charge in [0.1, 0.15) is 0 Å². The number of para-hydroxylation sites is 1. The first kappa shape index (κ1) is 16.8. The Bertz CT molecular complexity index is 629. The van der Waals surface area contributed by atoms with E-state index in [-0.39, 0.29) is 5.97 Å². The Labute approximate surface area is 136 Å². The van der Waals surface area contributed by atoms with Gasteiger partial charge in [-0.15, -0.1) is 0 Å². The van der Waals surface area contributed by atoms with E-state index in [4.69, 9.17) is 9.47 Å². The van der Waals surface area contributed by atoms with Crippen LogP contribution in [0.15, 0.2) is 48.5 Å². The number of hydrogen-bond donors (Lipinski definition) is 2. The van der Waals surface area contributed by atoms with Gasteiger partial charge in [-0.05, 0) is 36.8 Å². The zero-order valence-electron chi connectivity index (χ0n) is 13.5. The normalized spacial score (nSPS) is 10.2. The van der Waals surface area contributed by atoms with Crippen LogP contribution >= 0.6 is 0 Å². The molecule has 2 aromatic rings. The van der Waals surface area contributed by atoms with Crippen molar-refractivity contribution in [2.45, 2.75) is 26.8 Å². The molecule has 0 atom stereocenters. The van der Waals surface area contributed by atoms with Gasteiger partial charge in [0.05, 0.1) is 6.61 Å². The molecule has 0 bridgehead atoms. The number of hydrogen-bond acceptors (Lipinski definition) is 5. The number of carbonyl (C=O) groups is 1. The Morgan fingerprint density at radius 2 is 1.83 bits per heavy atom. The molecule has 5 heteroatoms. The smallest absolute Gasteiger partial charge is 0.311 e. The van der Waals surface area contributed by atoms with E-state index in [1.54, 1.807) is 13.0 Å². The van der Waals surface area contributed by atoms with Crippen LogP contribution in [0.25, 0.3) is 0 Å². The largest absolute Gasteiger partial charge is 0.490 e. The molecule has 0 aliphatic rings. The van der Waals surface area contributed by atoms with E-state index in [0.29, 0.717) is 31.1 Å². The molecule has 0 saturated carbocycles. The van der Waals surface area contributed by atoms with Crippen LogP contribution in [0.4, 0.5) is 5.69 Å². The molecule has 0 aliphatic heterocycles. The predicted molar refractivity (Wildman–Crippen MR) is 90.4 cm³/mol. The number of benzene rings is 2. The number of esters is 1. The standard InChI is InChI=1S/C18H22N2O3/c1-3-18(21)23-16-11-10-14(12-17(16)22-4-2)13-19-20-15-8-6-5-7-9-15/h5-12,19-20H,3-4,13H2,1-2H3. The van der Waals surface area contributed by atoms with E-state index in [9.17, 15) is 4.79 Å². The van der Waals surface area contributed by atoms with Gasteiger partial charge < -0.3 is 14.9 Å².